The third kappa shape index (κ3) is 67.3. The number of aliphatic hydroxyl groups is 1. The van der Waals surface area contributed by atoms with Gasteiger partial charge in [0.1, 0.15) is 19.3 Å². The molecule has 0 amide bonds. The standard InChI is InChI=1S/C75H146O17P2/c1-9-68(8)54-46-38-33-34-42-50-58-75(80)92-71(62-86-73(78)56-48-40-31-26-25-29-37-45-53-67(6)7)64-90-94(83,84)88-60-69(76)59-87-93(81,82)89-63-70(91-74(79)57-49-41-32-24-20-16-15-18-22-28-36-44-52-66(4)5)61-85-72(77)55-47-39-30-23-19-14-12-10-11-13-17-21-27-35-43-51-65(2)3/h65-71,76H,9-64H2,1-8H3,(H,81,82)(H,83,84)/t68?,69?,70-,71-/m1/s1. The topological polar surface area (TPSA) is 237 Å². The molecule has 0 radical (unpaired) electrons. The van der Waals surface area contributed by atoms with Crippen molar-refractivity contribution in [2.75, 3.05) is 39.6 Å². The second kappa shape index (κ2) is 64.4. The van der Waals surface area contributed by atoms with Gasteiger partial charge in [-0.05, 0) is 49.4 Å². The molecular weight excluding hydrogens is 1230 g/mol. The van der Waals surface area contributed by atoms with Crippen LogP contribution in [0.2, 0.25) is 0 Å². The summed E-state index contributed by atoms with van der Waals surface area (Å²) in [5.41, 5.74) is 0. The highest BCUT2D eigenvalue weighted by molar-refractivity contribution is 7.47. The van der Waals surface area contributed by atoms with Crippen molar-refractivity contribution in [3.8, 4) is 0 Å². The number of rotatable bonds is 72. The normalized spacial score (nSPS) is 14.4. The third-order valence-corrected chi connectivity index (χ3v) is 19.6. The van der Waals surface area contributed by atoms with Gasteiger partial charge in [0.25, 0.3) is 0 Å². The first-order valence-corrected chi connectivity index (χ1v) is 41.7. The van der Waals surface area contributed by atoms with E-state index in [1.807, 2.05) is 0 Å². The van der Waals surface area contributed by atoms with E-state index in [-0.39, 0.29) is 25.7 Å². The number of ether oxygens (including phenoxy) is 4. The molecule has 4 unspecified atom stereocenters. The van der Waals surface area contributed by atoms with Crippen molar-refractivity contribution in [2.24, 2.45) is 23.7 Å². The van der Waals surface area contributed by atoms with Gasteiger partial charge in [0.15, 0.2) is 12.2 Å². The molecule has 17 nitrogen and oxygen atoms in total. The van der Waals surface area contributed by atoms with Crippen LogP contribution in [0.5, 0.6) is 0 Å². The van der Waals surface area contributed by atoms with E-state index in [4.69, 9.17) is 37.0 Å². The number of unbranched alkanes of at least 4 members (excludes halogenated alkanes) is 37. The van der Waals surface area contributed by atoms with Crippen molar-refractivity contribution in [2.45, 2.75) is 395 Å². The molecule has 0 aromatic rings. The molecule has 0 bridgehead atoms. The Morgan fingerprint density at radius 2 is 0.511 bits per heavy atom. The van der Waals surface area contributed by atoms with Crippen LogP contribution < -0.4 is 0 Å². The van der Waals surface area contributed by atoms with Gasteiger partial charge in [-0.15, -0.1) is 0 Å². The Morgan fingerprint density at radius 1 is 0.298 bits per heavy atom. The molecule has 0 aliphatic heterocycles. The lowest BCUT2D eigenvalue weighted by Crippen LogP contribution is -2.30. The van der Waals surface area contributed by atoms with E-state index in [9.17, 15) is 43.2 Å². The minimum absolute atomic E-state index is 0.102. The Hall–Kier alpha value is -1.94. The zero-order chi connectivity index (χ0) is 69.6. The van der Waals surface area contributed by atoms with Gasteiger partial charge in [-0.2, -0.15) is 0 Å². The maximum atomic E-state index is 13.1. The van der Waals surface area contributed by atoms with E-state index < -0.39 is 97.5 Å². The zero-order valence-electron chi connectivity index (χ0n) is 61.6. The van der Waals surface area contributed by atoms with Gasteiger partial charge < -0.3 is 33.8 Å². The molecule has 0 spiro atoms. The molecule has 0 heterocycles. The van der Waals surface area contributed by atoms with Crippen LogP contribution in [-0.2, 0) is 65.4 Å². The SMILES string of the molecule is CCC(C)CCCCCCCCC(=O)O[C@H](COC(=O)CCCCCCCCCCC(C)C)COP(=O)(O)OCC(O)COP(=O)(O)OC[C@@H](COC(=O)CCCCCCCCCCCCCCCCCC(C)C)OC(=O)CCCCCCCCCCCCCCC(C)C. The predicted octanol–water partition coefficient (Wildman–Crippen LogP) is 21.7. The molecule has 0 aromatic heterocycles. The average molecular weight is 1380 g/mol. The smallest absolute Gasteiger partial charge is 0.462 e. The van der Waals surface area contributed by atoms with Crippen molar-refractivity contribution in [3.63, 3.8) is 0 Å². The van der Waals surface area contributed by atoms with Gasteiger partial charge in [0, 0.05) is 25.7 Å². The predicted molar refractivity (Wildman–Crippen MR) is 381 cm³/mol. The number of carbonyl (C=O) groups is 4. The molecule has 0 saturated carbocycles. The number of hydrogen-bond donors (Lipinski definition) is 3. The van der Waals surface area contributed by atoms with Gasteiger partial charge in [-0.1, -0.05) is 325 Å². The first-order valence-electron chi connectivity index (χ1n) is 38.7. The van der Waals surface area contributed by atoms with Crippen LogP contribution in [0.25, 0.3) is 0 Å². The number of hydrogen-bond acceptors (Lipinski definition) is 15. The van der Waals surface area contributed by atoms with Gasteiger partial charge in [-0.3, -0.25) is 37.3 Å². The summed E-state index contributed by atoms with van der Waals surface area (Å²) < 4.78 is 68.5. The first kappa shape index (κ1) is 92.1. The number of phosphoric acid groups is 2. The number of carbonyl (C=O) groups excluding carboxylic acids is 4. The fourth-order valence-electron chi connectivity index (χ4n) is 11.3. The van der Waals surface area contributed by atoms with E-state index >= 15 is 0 Å². The van der Waals surface area contributed by atoms with Crippen molar-refractivity contribution >= 4 is 39.5 Å². The van der Waals surface area contributed by atoms with Gasteiger partial charge in [-0.25, -0.2) is 9.13 Å². The lowest BCUT2D eigenvalue weighted by Gasteiger charge is -2.21. The molecule has 558 valence electrons. The number of esters is 4. The highest BCUT2D eigenvalue weighted by Gasteiger charge is 2.30. The van der Waals surface area contributed by atoms with E-state index in [0.717, 1.165) is 114 Å². The molecule has 0 aliphatic carbocycles. The molecule has 0 aliphatic rings. The number of aliphatic hydroxyl groups excluding tert-OH is 1. The third-order valence-electron chi connectivity index (χ3n) is 17.7. The molecule has 3 N–H and O–H groups in total. The van der Waals surface area contributed by atoms with Crippen molar-refractivity contribution in [3.05, 3.63) is 0 Å². The van der Waals surface area contributed by atoms with E-state index in [2.05, 4.69) is 55.4 Å². The average Bonchev–Trinajstić information content (AvgIpc) is 1.29. The second-order valence-electron chi connectivity index (χ2n) is 28.7. The maximum absolute atomic E-state index is 13.1. The van der Waals surface area contributed by atoms with E-state index in [0.29, 0.717) is 25.7 Å². The Balaban J connectivity index is 5.23. The van der Waals surface area contributed by atoms with Gasteiger partial charge in [0.2, 0.25) is 0 Å². The molecule has 0 saturated heterocycles. The monoisotopic (exact) mass is 1380 g/mol. The Morgan fingerprint density at radius 3 is 0.755 bits per heavy atom. The van der Waals surface area contributed by atoms with Crippen molar-refractivity contribution < 1.29 is 80.2 Å². The fraction of sp³-hybridized carbons (Fsp3) is 0.947. The van der Waals surface area contributed by atoms with Crippen LogP contribution in [0.4, 0.5) is 0 Å². The van der Waals surface area contributed by atoms with Crippen LogP contribution in [0.1, 0.15) is 376 Å². The van der Waals surface area contributed by atoms with Crippen LogP contribution >= 0.6 is 15.6 Å². The molecular formula is C75H146O17P2. The van der Waals surface area contributed by atoms with Crippen LogP contribution in [-0.4, -0.2) is 96.7 Å². The molecule has 94 heavy (non-hydrogen) atoms. The van der Waals surface area contributed by atoms with Gasteiger partial charge >= 0.3 is 39.5 Å². The van der Waals surface area contributed by atoms with E-state index in [1.54, 1.807) is 0 Å². The van der Waals surface area contributed by atoms with Crippen LogP contribution in [0.3, 0.4) is 0 Å². The highest BCUT2D eigenvalue weighted by atomic mass is 31.2. The van der Waals surface area contributed by atoms with Crippen LogP contribution in [0, 0.1) is 23.7 Å². The summed E-state index contributed by atoms with van der Waals surface area (Å²) in [5, 5.41) is 10.6. The summed E-state index contributed by atoms with van der Waals surface area (Å²) in [5.74, 6) is 0.904. The minimum atomic E-state index is -4.96. The lowest BCUT2D eigenvalue weighted by molar-refractivity contribution is -0.161. The Labute approximate surface area is 575 Å². The number of phosphoric ester groups is 2. The first-order chi connectivity index (χ1) is 45.1. The summed E-state index contributed by atoms with van der Waals surface area (Å²) in [4.78, 5) is 72.7. The summed E-state index contributed by atoms with van der Waals surface area (Å²) in [6.45, 7) is 14.1. The Bertz CT molecular complexity index is 1850. The molecule has 0 fully saturated rings. The Kier molecular flexibility index (Phi) is 63.1. The minimum Gasteiger partial charge on any atom is -0.462 e. The molecule has 6 atom stereocenters. The van der Waals surface area contributed by atoms with Crippen molar-refractivity contribution in [1.82, 2.24) is 0 Å². The zero-order valence-corrected chi connectivity index (χ0v) is 63.4. The summed E-state index contributed by atoms with van der Waals surface area (Å²) >= 11 is 0. The molecule has 0 rings (SSSR count). The lowest BCUT2D eigenvalue weighted by atomic mass is 10.00. The van der Waals surface area contributed by atoms with E-state index in [1.165, 1.54) is 180 Å². The highest BCUT2D eigenvalue weighted by Crippen LogP contribution is 2.45. The fourth-order valence-corrected chi connectivity index (χ4v) is 12.9. The quantitative estimate of drug-likeness (QED) is 0.0222. The molecule has 0 aromatic carbocycles. The summed E-state index contributed by atoms with van der Waals surface area (Å²) in [6, 6.07) is 0. The second-order valence-corrected chi connectivity index (χ2v) is 31.6. The van der Waals surface area contributed by atoms with Gasteiger partial charge in [0.05, 0.1) is 26.4 Å². The molecule has 19 heteroatoms. The largest absolute Gasteiger partial charge is 0.472 e. The van der Waals surface area contributed by atoms with Crippen molar-refractivity contribution in [1.29, 1.82) is 0 Å². The summed E-state index contributed by atoms with van der Waals surface area (Å²) in [6.07, 6.45) is 48.7. The summed E-state index contributed by atoms with van der Waals surface area (Å²) in [7, 11) is -9.91. The maximum Gasteiger partial charge on any atom is 0.472 e. The van der Waals surface area contributed by atoms with Crippen LogP contribution in [0.15, 0.2) is 0 Å².